The maximum Gasteiger partial charge on any atom is 0.335 e. The Bertz CT molecular complexity index is 1350. The molecule has 2 aliphatic heterocycles. The van der Waals surface area contributed by atoms with Crippen LogP contribution >= 0.6 is 0 Å². The van der Waals surface area contributed by atoms with E-state index >= 15 is 0 Å². The lowest BCUT2D eigenvalue weighted by atomic mass is 9.78. The fourth-order valence-corrected chi connectivity index (χ4v) is 7.11. The molecule has 1 spiro atoms. The lowest BCUT2D eigenvalue weighted by Crippen LogP contribution is -2.75. The Morgan fingerprint density at radius 2 is 1.58 bits per heavy atom. The van der Waals surface area contributed by atoms with E-state index in [-0.39, 0.29) is 29.2 Å². The Labute approximate surface area is 265 Å². The molecule has 3 amide bonds. The highest BCUT2D eigenvalue weighted by molar-refractivity contribution is 6.00. The number of carbonyl (C=O) groups is 4. The predicted octanol–water partition coefficient (Wildman–Crippen LogP) is 3.72. The molecule has 1 saturated carbocycles. The third-order valence-corrected chi connectivity index (χ3v) is 9.93. The van der Waals surface area contributed by atoms with Crippen molar-refractivity contribution >= 4 is 23.7 Å². The van der Waals surface area contributed by atoms with Gasteiger partial charge in [0.1, 0.15) is 11.6 Å². The number of carbonyl (C=O) groups excluding carboxylic acids is 3. The van der Waals surface area contributed by atoms with Crippen molar-refractivity contribution in [2.75, 3.05) is 19.6 Å². The summed E-state index contributed by atoms with van der Waals surface area (Å²) in [6, 6.07) is 13.0. The lowest BCUT2D eigenvalue weighted by molar-refractivity contribution is -0.166. The van der Waals surface area contributed by atoms with Crippen molar-refractivity contribution in [3.8, 4) is 0 Å². The number of aliphatic hydroxyl groups is 1. The van der Waals surface area contributed by atoms with E-state index in [9.17, 15) is 24.3 Å². The Balaban J connectivity index is 1.15. The van der Waals surface area contributed by atoms with Gasteiger partial charge in [-0.3, -0.25) is 19.3 Å². The number of nitrogens with zero attached hydrogens (tertiary/aromatic N) is 2. The summed E-state index contributed by atoms with van der Waals surface area (Å²) in [5.74, 6) is -1.51. The SMILES string of the molecule is CCCCN1C(=O)[C@@H]([C@H](O)C2CCCCC2)NC(=O)C12CCN(Cc1ccc(CNC(=O)c3ccc(C(=O)O)cc3)cc1)CC2. The first-order chi connectivity index (χ1) is 21.7. The summed E-state index contributed by atoms with van der Waals surface area (Å²) in [7, 11) is 0. The average molecular weight is 619 g/mol. The summed E-state index contributed by atoms with van der Waals surface area (Å²) in [4.78, 5) is 55.2. The number of piperidine rings is 1. The number of aromatic carboxylic acids is 1. The van der Waals surface area contributed by atoms with Crippen LogP contribution in [0.1, 0.15) is 96.6 Å². The number of hydrogen-bond donors (Lipinski definition) is 4. The maximum atomic E-state index is 13.8. The third kappa shape index (κ3) is 7.39. The molecule has 3 aliphatic rings. The van der Waals surface area contributed by atoms with E-state index in [1.54, 1.807) is 0 Å². The molecule has 3 fully saturated rings. The summed E-state index contributed by atoms with van der Waals surface area (Å²) in [6.07, 6.45) is 7.08. The van der Waals surface area contributed by atoms with Crippen molar-refractivity contribution in [3.05, 3.63) is 70.8 Å². The minimum atomic E-state index is -1.03. The highest BCUT2D eigenvalue weighted by atomic mass is 16.4. The van der Waals surface area contributed by atoms with Crippen LogP contribution in [0.25, 0.3) is 0 Å². The zero-order valence-electron chi connectivity index (χ0n) is 26.2. The topological polar surface area (TPSA) is 139 Å². The molecule has 0 bridgehead atoms. The minimum absolute atomic E-state index is 0.0532. The molecule has 2 atom stereocenters. The highest BCUT2D eigenvalue weighted by Gasteiger charge is 2.55. The fraction of sp³-hybridized carbons (Fsp3) is 0.543. The summed E-state index contributed by atoms with van der Waals surface area (Å²) >= 11 is 0. The van der Waals surface area contributed by atoms with Crippen LogP contribution in [0, 0.1) is 5.92 Å². The fourth-order valence-electron chi connectivity index (χ4n) is 7.11. The van der Waals surface area contributed by atoms with Crippen LogP contribution < -0.4 is 10.6 Å². The molecule has 4 N–H and O–H groups in total. The van der Waals surface area contributed by atoms with E-state index in [0.717, 1.165) is 56.1 Å². The second-order valence-electron chi connectivity index (χ2n) is 12.9. The Kier molecular flexibility index (Phi) is 10.6. The molecule has 2 heterocycles. The summed E-state index contributed by atoms with van der Waals surface area (Å²) in [5, 5.41) is 26.1. The van der Waals surface area contributed by atoms with Crippen LogP contribution in [0.4, 0.5) is 0 Å². The number of piperazine rings is 1. The molecular formula is C35H46N4O6. The number of hydrogen-bond acceptors (Lipinski definition) is 6. The average Bonchev–Trinajstić information content (AvgIpc) is 3.07. The summed E-state index contributed by atoms with van der Waals surface area (Å²) in [6.45, 7) is 5.03. The van der Waals surface area contributed by atoms with Gasteiger partial charge in [-0.05, 0) is 73.4 Å². The molecule has 242 valence electrons. The van der Waals surface area contributed by atoms with Crippen molar-refractivity contribution in [1.82, 2.24) is 20.4 Å². The molecule has 2 aromatic rings. The molecule has 0 unspecified atom stereocenters. The Hall–Kier alpha value is -3.76. The van der Waals surface area contributed by atoms with Crippen molar-refractivity contribution in [1.29, 1.82) is 0 Å². The van der Waals surface area contributed by atoms with Gasteiger partial charge in [-0.1, -0.05) is 56.9 Å². The normalized spacial score (nSPS) is 21.4. The van der Waals surface area contributed by atoms with Crippen molar-refractivity contribution in [2.24, 2.45) is 5.92 Å². The standard InChI is InChI=1S/C35H46N4O6/c1-2-3-19-39-32(42)29(30(40)26-7-5-4-6-8-26)37-34(45)35(39)17-20-38(21-18-35)23-25-11-9-24(10-12-25)22-36-31(41)27-13-15-28(16-14-27)33(43)44/h9-16,26,29-30,40H,2-8,17-23H2,1H3,(H,36,41)(H,37,45)(H,43,44)/t29-,30-/m1/s1. The minimum Gasteiger partial charge on any atom is -0.478 e. The third-order valence-electron chi connectivity index (χ3n) is 9.93. The molecule has 0 radical (unpaired) electrons. The van der Waals surface area contributed by atoms with Crippen LogP contribution in [-0.4, -0.2) is 81.0 Å². The van der Waals surface area contributed by atoms with Crippen molar-refractivity contribution in [2.45, 2.75) is 95.5 Å². The van der Waals surface area contributed by atoms with Gasteiger partial charge in [-0.15, -0.1) is 0 Å². The van der Waals surface area contributed by atoms with Gasteiger partial charge in [0.2, 0.25) is 11.8 Å². The van der Waals surface area contributed by atoms with E-state index in [0.29, 0.717) is 51.1 Å². The van der Waals surface area contributed by atoms with E-state index in [2.05, 4.69) is 22.5 Å². The van der Waals surface area contributed by atoms with E-state index < -0.39 is 23.7 Å². The number of amides is 3. The molecule has 5 rings (SSSR count). The molecule has 1 aliphatic carbocycles. The summed E-state index contributed by atoms with van der Waals surface area (Å²) in [5.41, 5.74) is 1.72. The quantitative estimate of drug-likeness (QED) is 0.301. The van der Waals surface area contributed by atoms with E-state index in [1.165, 1.54) is 24.3 Å². The second kappa shape index (κ2) is 14.6. The maximum absolute atomic E-state index is 13.8. The van der Waals surface area contributed by atoms with Gasteiger partial charge >= 0.3 is 5.97 Å². The van der Waals surface area contributed by atoms with E-state index in [1.807, 2.05) is 29.2 Å². The molecular weight excluding hydrogens is 572 g/mol. The molecule has 45 heavy (non-hydrogen) atoms. The van der Waals surface area contributed by atoms with Crippen LogP contribution in [-0.2, 0) is 22.7 Å². The Morgan fingerprint density at radius 3 is 2.20 bits per heavy atom. The van der Waals surface area contributed by atoms with Gasteiger partial charge in [0.15, 0.2) is 0 Å². The number of benzene rings is 2. The predicted molar refractivity (Wildman–Crippen MR) is 169 cm³/mol. The highest BCUT2D eigenvalue weighted by Crippen LogP contribution is 2.36. The van der Waals surface area contributed by atoms with Gasteiger partial charge in [0.25, 0.3) is 5.91 Å². The van der Waals surface area contributed by atoms with Gasteiger partial charge in [-0.25, -0.2) is 4.79 Å². The van der Waals surface area contributed by atoms with Crippen molar-refractivity contribution < 1.29 is 29.4 Å². The zero-order chi connectivity index (χ0) is 32.0. The number of carboxylic acids is 1. The first-order valence-electron chi connectivity index (χ1n) is 16.4. The molecule has 10 nitrogen and oxygen atoms in total. The lowest BCUT2D eigenvalue weighted by Gasteiger charge is -2.52. The van der Waals surface area contributed by atoms with Crippen LogP contribution in [0.15, 0.2) is 48.5 Å². The number of aliphatic hydroxyl groups excluding tert-OH is 1. The number of carboxylic acid groups (broad SMARTS) is 1. The Morgan fingerprint density at radius 1 is 0.956 bits per heavy atom. The van der Waals surface area contributed by atoms with Gasteiger partial charge in [0, 0.05) is 38.3 Å². The first-order valence-corrected chi connectivity index (χ1v) is 16.4. The molecule has 2 saturated heterocycles. The number of rotatable bonds is 11. The number of likely N-dealkylation sites (tertiary alicyclic amines) is 1. The molecule has 2 aromatic carbocycles. The van der Waals surface area contributed by atoms with Crippen LogP contribution in [0.5, 0.6) is 0 Å². The van der Waals surface area contributed by atoms with Gasteiger partial charge in [-0.2, -0.15) is 0 Å². The first kappa shape index (κ1) is 32.6. The second-order valence-corrected chi connectivity index (χ2v) is 12.9. The van der Waals surface area contributed by atoms with Gasteiger partial charge < -0.3 is 25.7 Å². The number of nitrogens with one attached hydrogen (secondary N) is 2. The van der Waals surface area contributed by atoms with Crippen molar-refractivity contribution in [3.63, 3.8) is 0 Å². The number of unbranched alkanes of at least 4 members (excludes halogenated alkanes) is 1. The molecule has 10 heteroatoms. The summed E-state index contributed by atoms with van der Waals surface area (Å²) < 4.78 is 0. The monoisotopic (exact) mass is 618 g/mol. The smallest absolute Gasteiger partial charge is 0.335 e. The largest absolute Gasteiger partial charge is 0.478 e. The van der Waals surface area contributed by atoms with E-state index in [4.69, 9.17) is 5.11 Å². The van der Waals surface area contributed by atoms with Gasteiger partial charge in [0.05, 0.1) is 11.7 Å². The zero-order valence-corrected chi connectivity index (χ0v) is 26.2. The molecule has 0 aromatic heterocycles. The van der Waals surface area contributed by atoms with Crippen LogP contribution in [0.2, 0.25) is 0 Å². The van der Waals surface area contributed by atoms with Crippen LogP contribution in [0.3, 0.4) is 0 Å².